The Morgan fingerprint density at radius 3 is 2.29 bits per heavy atom. The van der Waals surface area contributed by atoms with Crippen LogP contribution in [-0.2, 0) is 0 Å². The van der Waals surface area contributed by atoms with Gasteiger partial charge in [0, 0.05) is 11.6 Å². The molecule has 9 heteroatoms. The van der Waals surface area contributed by atoms with Gasteiger partial charge in [0.05, 0.1) is 14.2 Å². The highest BCUT2D eigenvalue weighted by molar-refractivity contribution is 5.65. The monoisotopic (exact) mass is 289 g/mol. The molecule has 9 nitrogen and oxygen atoms in total. The van der Waals surface area contributed by atoms with Crippen LogP contribution in [-0.4, -0.2) is 34.7 Å². The lowest BCUT2D eigenvalue weighted by Crippen LogP contribution is -1.90. The number of benzene rings is 1. The van der Waals surface area contributed by atoms with Crippen molar-refractivity contribution >= 4 is 5.82 Å². The van der Waals surface area contributed by atoms with E-state index in [0.29, 0.717) is 22.9 Å². The van der Waals surface area contributed by atoms with E-state index in [1.165, 1.54) is 0 Å². The van der Waals surface area contributed by atoms with Crippen LogP contribution in [0.3, 0.4) is 0 Å². The van der Waals surface area contributed by atoms with Crippen LogP contribution in [0.4, 0.5) is 5.82 Å². The molecule has 108 valence electrons. The highest BCUT2D eigenvalue weighted by Gasteiger charge is 2.18. The van der Waals surface area contributed by atoms with Crippen LogP contribution in [0, 0.1) is 0 Å². The molecule has 0 atom stereocenters. The molecule has 0 spiro atoms. The molecule has 0 saturated carbocycles. The number of aromatic nitrogens is 4. The van der Waals surface area contributed by atoms with Crippen molar-refractivity contribution in [1.29, 1.82) is 0 Å². The first-order valence-electron chi connectivity index (χ1n) is 5.87. The summed E-state index contributed by atoms with van der Waals surface area (Å²) in [5.74, 6) is 1.75. The summed E-state index contributed by atoms with van der Waals surface area (Å²) >= 11 is 0. The van der Waals surface area contributed by atoms with Crippen LogP contribution >= 0.6 is 0 Å². The van der Waals surface area contributed by atoms with Gasteiger partial charge in [0.25, 0.3) is 5.89 Å². The van der Waals surface area contributed by atoms with Crippen LogP contribution in [0.2, 0.25) is 0 Å². The van der Waals surface area contributed by atoms with E-state index >= 15 is 0 Å². The van der Waals surface area contributed by atoms with Gasteiger partial charge in [-0.15, -0.1) is 0 Å². The van der Waals surface area contributed by atoms with Gasteiger partial charge in [-0.05, 0) is 22.4 Å². The van der Waals surface area contributed by atoms with Crippen molar-refractivity contribution in [3.05, 3.63) is 18.2 Å². The summed E-state index contributed by atoms with van der Waals surface area (Å²) in [6.07, 6.45) is 0. The molecule has 3 aromatic rings. The Balaban J connectivity index is 2.02. The number of ether oxygens (including phenoxy) is 2. The molecule has 2 heterocycles. The first-order valence-corrected chi connectivity index (χ1v) is 5.87. The van der Waals surface area contributed by atoms with Crippen molar-refractivity contribution in [2.45, 2.75) is 0 Å². The van der Waals surface area contributed by atoms with Gasteiger partial charge >= 0.3 is 0 Å². The summed E-state index contributed by atoms with van der Waals surface area (Å²) in [6, 6.07) is 5.24. The van der Waals surface area contributed by atoms with Crippen molar-refractivity contribution in [2.24, 2.45) is 0 Å². The van der Waals surface area contributed by atoms with E-state index in [1.54, 1.807) is 32.4 Å². The second-order valence-electron chi connectivity index (χ2n) is 4.02. The van der Waals surface area contributed by atoms with Crippen molar-refractivity contribution in [1.82, 2.24) is 20.5 Å². The molecule has 2 aromatic heterocycles. The summed E-state index contributed by atoms with van der Waals surface area (Å²) in [5, 5.41) is 10.9. The Hall–Kier alpha value is -3.10. The van der Waals surface area contributed by atoms with E-state index in [1.807, 2.05) is 0 Å². The fourth-order valence-corrected chi connectivity index (χ4v) is 1.72. The Labute approximate surface area is 118 Å². The normalized spacial score (nSPS) is 10.6. The third-order valence-corrected chi connectivity index (χ3v) is 2.75. The zero-order chi connectivity index (χ0) is 14.8. The van der Waals surface area contributed by atoms with Gasteiger partial charge in [-0.3, -0.25) is 0 Å². The zero-order valence-corrected chi connectivity index (χ0v) is 11.2. The average molecular weight is 289 g/mol. The van der Waals surface area contributed by atoms with Gasteiger partial charge in [-0.1, -0.05) is 5.16 Å². The molecule has 0 aliphatic rings. The molecule has 0 bridgehead atoms. The SMILES string of the molecule is COc1cc(OC)cc(-c2noc(-c3nonc3N)n2)c1. The van der Waals surface area contributed by atoms with Crippen LogP contribution < -0.4 is 15.2 Å². The van der Waals surface area contributed by atoms with Crippen molar-refractivity contribution in [3.63, 3.8) is 0 Å². The minimum atomic E-state index is 0.0772. The van der Waals surface area contributed by atoms with Crippen molar-refractivity contribution in [2.75, 3.05) is 20.0 Å². The highest BCUT2D eigenvalue weighted by Crippen LogP contribution is 2.29. The lowest BCUT2D eigenvalue weighted by molar-refractivity contribution is 0.308. The van der Waals surface area contributed by atoms with Gasteiger partial charge in [0.15, 0.2) is 0 Å². The Bertz CT molecular complexity index is 744. The Kier molecular flexibility index (Phi) is 3.14. The zero-order valence-electron chi connectivity index (χ0n) is 11.2. The number of hydrogen-bond acceptors (Lipinski definition) is 9. The van der Waals surface area contributed by atoms with Crippen LogP contribution in [0.1, 0.15) is 0 Å². The molecule has 3 rings (SSSR count). The quantitative estimate of drug-likeness (QED) is 0.758. The number of hydrogen-bond donors (Lipinski definition) is 1. The first-order chi connectivity index (χ1) is 10.2. The molecule has 0 fully saturated rings. The largest absolute Gasteiger partial charge is 0.497 e. The second-order valence-corrected chi connectivity index (χ2v) is 4.02. The molecule has 0 saturated heterocycles. The smallest absolute Gasteiger partial charge is 0.284 e. The summed E-state index contributed by atoms with van der Waals surface area (Å²) in [7, 11) is 3.12. The third-order valence-electron chi connectivity index (χ3n) is 2.75. The average Bonchev–Trinajstić information content (AvgIpc) is 3.15. The molecule has 0 aliphatic heterocycles. The van der Waals surface area contributed by atoms with Crippen LogP contribution in [0.15, 0.2) is 27.4 Å². The molecule has 0 radical (unpaired) electrons. The van der Waals surface area contributed by atoms with E-state index in [0.717, 1.165) is 0 Å². The number of anilines is 1. The van der Waals surface area contributed by atoms with Gasteiger partial charge < -0.3 is 19.7 Å². The summed E-state index contributed by atoms with van der Waals surface area (Å²) < 4.78 is 20.0. The van der Waals surface area contributed by atoms with E-state index < -0.39 is 0 Å². The first kappa shape index (κ1) is 12.9. The highest BCUT2D eigenvalue weighted by atomic mass is 16.6. The lowest BCUT2D eigenvalue weighted by atomic mass is 10.2. The molecule has 0 aliphatic carbocycles. The topological polar surface area (TPSA) is 122 Å². The van der Waals surface area contributed by atoms with Crippen molar-refractivity contribution < 1.29 is 18.6 Å². The van der Waals surface area contributed by atoms with E-state index in [4.69, 9.17) is 19.7 Å². The molecule has 21 heavy (non-hydrogen) atoms. The molecule has 0 unspecified atom stereocenters. The number of nitrogen functional groups attached to an aromatic ring is 1. The third kappa shape index (κ3) is 2.36. The van der Waals surface area contributed by atoms with Gasteiger partial charge in [-0.2, -0.15) is 4.98 Å². The van der Waals surface area contributed by atoms with Gasteiger partial charge in [0.1, 0.15) is 11.5 Å². The number of nitrogens with two attached hydrogens (primary N) is 1. The summed E-state index contributed by atoms with van der Waals surface area (Å²) in [6.45, 7) is 0. The minimum Gasteiger partial charge on any atom is -0.497 e. The molecular weight excluding hydrogens is 278 g/mol. The summed E-state index contributed by atoms with van der Waals surface area (Å²) in [5.41, 5.74) is 6.44. The van der Waals surface area contributed by atoms with E-state index in [2.05, 4.69) is 25.1 Å². The predicted octanol–water partition coefficient (Wildman–Crippen LogP) is 1.39. The lowest BCUT2D eigenvalue weighted by Gasteiger charge is -2.05. The molecule has 0 amide bonds. The number of rotatable bonds is 4. The Morgan fingerprint density at radius 1 is 1.00 bits per heavy atom. The summed E-state index contributed by atoms with van der Waals surface area (Å²) in [4.78, 5) is 4.20. The molecule has 1 aromatic carbocycles. The van der Waals surface area contributed by atoms with E-state index in [-0.39, 0.29) is 17.4 Å². The Morgan fingerprint density at radius 2 is 1.71 bits per heavy atom. The number of nitrogens with zero attached hydrogens (tertiary/aromatic N) is 4. The van der Waals surface area contributed by atoms with Crippen LogP contribution in [0.25, 0.3) is 23.0 Å². The maximum Gasteiger partial charge on any atom is 0.284 e. The van der Waals surface area contributed by atoms with Crippen molar-refractivity contribution in [3.8, 4) is 34.5 Å². The van der Waals surface area contributed by atoms with Gasteiger partial charge in [0.2, 0.25) is 17.3 Å². The minimum absolute atomic E-state index is 0.0772. The molecule has 2 N–H and O–H groups in total. The standard InChI is InChI=1S/C12H11N5O4/c1-18-7-3-6(4-8(5-7)19-2)11-14-12(20-17-11)9-10(13)16-21-15-9/h3-5H,1-2H3,(H2,13,16). The maximum absolute atomic E-state index is 5.58. The van der Waals surface area contributed by atoms with E-state index in [9.17, 15) is 0 Å². The number of methoxy groups -OCH3 is 2. The van der Waals surface area contributed by atoms with Gasteiger partial charge in [-0.25, -0.2) is 4.63 Å². The molecular formula is C12H11N5O4. The maximum atomic E-state index is 5.58. The second kappa shape index (κ2) is 5.12. The fourth-order valence-electron chi connectivity index (χ4n) is 1.72. The predicted molar refractivity (Wildman–Crippen MR) is 70.5 cm³/mol. The van der Waals surface area contributed by atoms with Crippen LogP contribution in [0.5, 0.6) is 11.5 Å². The fraction of sp³-hybridized carbons (Fsp3) is 0.167.